The molecule has 88 valence electrons. The van der Waals surface area contributed by atoms with Crippen molar-refractivity contribution in [3.63, 3.8) is 0 Å². The van der Waals surface area contributed by atoms with Gasteiger partial charge in [-0.2, -0.15) is 0 Å². The van der Waals surface area contributed by atoms with E-state index in [0.717, 1.165) is 20.0 Å². The second-order valence-corrected chi connectivity index (χ2v) is 3.52. The van der Waals surface area contributed by atoms with Crippen LogP contribution in [0.3, 0.4) is 0 Å². The molecule has 0 spiro atoms. The molecule has 0 aromatic heterocycles. The molecule has 3 N–H and O–H groups in total. The molecular weight excluding hydrogens is 195 g/mol. The molecule has 1 fully saturated rings. The average Bonchev–Trinajstić information content (AvgIpc) is 2.52. The van der Waals surface area contributed by atoms with E-state index in [1.165, 1.54) is 13.8 Å². The first-order valence-corrected chi connectivity index (χ1v) is 4.76. The van der Waals surface area contributed by atoms with Crippen LogP contribution in [0.5, 0.6) is 0 Å². The molecule has 1 aliphatic heterocycles. The molecule has 1 aliphatic rings. The number of hydrogen-bond donors (Lipinski definition) is 3. The summed E-state index contributed by atoms with van der Waals surface area (Å²) in [5, 5.41) is 23.2. The molecule has 0 amide bonds. The highest BCUT2D eigenvalue weighted by Crippen LogP contribution is 2.17. The van der Waals surface area contributed by atoms with Crippen molar-refractivity contribution in [2.45, 2.75) is 44.6 Å². The predicted octanol–water partition coefficient (Wildman–Crippen LogP) is 0.162. The van der Waals surface area contributed by atoms with Crippen LogP contribution in [0.15, 0.2) is 12.7 Å². The molecule has 15 heavy (non-hydrogen) atoms. The van der Waals surface area contributed by atoms with Gasteiger partial charge in [-0.25, -0.2) is 0 Å². The fourth-order valence-electron chi connectivity index (χ4n) is 0.863. The van der Waals surface area contributed by atoms with Gasteiger partial charge in [0.15, 0.2) is 5.79 Å². The number of hydrogen-bond acceptors (Lipinski definition) is 4. The highest BCUT2D eigenvalue weighted by Gasteiger charge is 2.17. The zero-order chi connectivity index (χ0) is 12.5. The van der Waals surface area contributed by atoms with E-state index >= 15 is 0 Å². The van der Waals surface area contributed by atoms with Crippen LogP contribution in [0.1, 0.15) is 26.7 Å². The largest absolute Gasteiger partial charge is 0.400 e. The van der Waals surface area contributed by atoms with Crippen LogP contribution >= 0.6 is 0 Å². The van der Waals surface area contributed by atoms with Crippen LogP contribution in [-0.4, -0.2) is 48.2 Å². The number of ether oxygens (including phenoxy) is 1. The second kappa shape index (κ2) is 8.91. The van der Waals surface area contributed by atoms with E-state index in [4.69, 9.17) is 27.9 Å². The molecule has 1 saturated heterocycles. The maximum absolute atomic E-state index is 8.08. The second-order valence-electron chi connectivity index (χ2n) is 3.52. The van der Waals surface area contributed by atoms with E-state index in [-0.39, 0.29) is 12.1 Å². The average molecular weight is 216 g/mol. The molecule has 2 atom stereocenters. The highest BCUT2D eigenvalue weighted by molar-refractivity contribution is 6.11. The summed E-state index contributed by atoms with van der Waals surface area (Å²) in [5.74, 6) is -1.50. The summed E-state index contributed by atoms with van der Waals surface area (Å²) >= 11 is 0. The molecule has 1 rings (SSSR count). The Morgan fingerprint density at radius 3 is 1.87 bits per heavy atom. The number of aliphatic hydroxyl groups is 3. The Morgan fingerprint density at radius 2 is 1.73 bits per heavy atom. The van der Waals surface area contributed by atoms with Gasteiger partial charge in [-0.1, -0.05) is 6.08 Å². The summed E-state index contributed by atoms with van der Waals surface area (Å²) < 4.78 is 5.17. The molecule has 0 aromatic carbocycles. The summed E-state index contributed by atoms with van der Waals surface area (Å²) in [5.41, 5.74) is 0. The van der Waals surface area contributed by atoms with Crippen molar-refractivity contribution in [2.24, 2.45) is 0 Å². The molecule has 0 aliphatic carbocycles. The Kier molecular flexibility index (Phi) is 10.1. The molecule has 1 heterocycles. The fraction of sp³-hybridized carbons (Fsp3) is 0.800. The molecule has 0 bridgehead atoms. The van der Waals surface area contributed by atoms with Gasteiger partial charge >= 0.3 is 0 Å². The van der Waals surface area contributed by atoms with Crippen molar-refractivity contribution in [1.29, 1.82) is 0 Å². The minimum absolute atomic E-state index is 0.0435. The van der Waals surface area contributed by atoms with Gasteiger partial charge in [-0.3, -0.25) is 0 Å². The quantitative estimate of drug-likeness (QED) is 0.332. The van der Waals surface area contributed by atoms with Crippen molar-refractivity contribution in [3.8, 4) is 0 Å². The van der Waals surface area contributed by atoms with Crippen molar-refractivity contribution >= 4 is 7.85 Å². The Hall–Kier alpha value is -0.355. The lowest BCUT2D eigenvalue weighted by atomic mass is 9.97. The van der Waals surface area contributed by atoms with E-state index in [9.17, 15) is 0 Å². The Morgan fingerprint density at radius 1 is 1.33 bits per heavy atom. The van der Waals surface area contributed by atoms with Gasteiger partial charge in [0.05, 0.1) is 6.10 Å². The molecule has 1 unspecified atom stereocenters. The summed E-state index contributed by atoms with van der Waals surface area (Å²) in [7, 11) is 6.43. The lowest BCUT2D eigenvalue weighted by Gasteiger charge is -2.03. The fourth-order valence-corrected chi connectivity index (χ4v) is 0.863. The smallest absolute Gasteiger partial charge is 0.156 e. The molecule has 5 heteroatoms. The zero-order valence-corrected chi connectivity index (χ0v) is 9.68. The molecule has 0 aromatic rings. The van der Waals surface area contributed by atoms with Crippen molar-refractivity contribution < 1.29 is 20.1 Å². The standard InChI is InChI=1S/C6H9BO.C3H8O2.CH4O/c1-2-5-3-4-6(7)8-5;1-3(2,4)5;1-2/h2,5-6H,1,3-4H2;4-5H,1-2H3;2H,1H3/t5?,6-;;/m1../s1. The van der Waals surface area contributed by atoms with Gasteiger partial charge in [0, 0.05) is 13.1 Å². The molecule has 0 saturated carbocycles. The maximum atomic E-state index is 8.08. The molecule has 4 nitrogen and oxygen atoms in total. The minimum atomic E-state index is -1.50. The molecule has 2 radical (unpaired) electrons. The first-order valence-electron chi connectivity index (χ1n) is 4.76. The third-order valence-corrected chi connectivity index (χ3v) is 1.35. The summed E-state index contributed by atoms with van der Waals surface area (Å²) in [6, 6.07) is -0.0435. The van der Waals surface area contributed by atoms with Crippen LogP contribution in [0.25, 0.3) is 0 Å². The van der Waals surface area contributed by atoms with Gasteiger partial charge < -0.3 is 20.1 Å². The Balaban J connectivity index is 0. The first-order chi connectivity index (χ1) is 6.83. The lowest BCUT2D eigenvalue weighted by Crippen LogP contribution is -2.15. The number of aliphatic hydroxyl groups excluding tert-OH is 1. The van der Waals surface area contributed by atoms with E-state index in [1.807, 2.05) is 0 Å². The topological polar surface area (TPSA) is 69.9 Å². The van der Waals surface area contributed by atoms with E-state index < -0.39 is 5.79 Å². The normalized spacial score (nSPS) is 24.4. The van der Waals surface area contributed by atoms with Crippen LogP contribution in [-0.2, 0) is 4.74 Å². The van der Waals surface area contributed by atoms with Gasteiger partial charge in [0.2, 0.25) is 0 Å². The monoisotopic (exact) mass is 216 g/mol. The third-order valence-electron chi connectivity index (χ3n) is 1.35. The SMILES string of the molecule is CC(C)(O)O.CO.[B][C@H]1CCC(C=C)O1. The Labute approximate surface area is 93.0 Å². The van der Waals surface area contributed by atoms with E-state index in [1.54, 1.807) is 6.08 Å². The molecular formula is C10H21BO4. The number of rotatable bonds is 1. The van der Waals surface area contributed by atoms with Gasteiger partial charge in [-0.15, -0.1) is 6.58 Å². The van der Waals surface area contributed by atoms with Crippen LogP contribution in [0, 0.1) is 0 Å². The predicted molar refractivity (Wildman–Crippen MR) is 60.5 cm³/mol. The summed E-state index contributed by atoms with van der Waals surface area (Å²) in [6.45, 7) is 6.19. The van der Waals surface area contributed by atoms with Crippen LogP contribution < -0.4 is 0 Å². The minimum Gasteiger partial charge on any atom is -0.400 e. The highest BCUT2D eigenvalue weighted by atomic mass is 16.5. The van der Waals surface area contributed by atoms with Crippen LogP contribution in [0.2, 0.25) is 0 Å². The maximum Gasteiger partial charge on any atom is 0.156 e. The summed E-state index contributed by atoms with van der Waals surface area (Å²) in [6.07, 6.45) is 4.01. The van der Waals surface area contributed by atoms with E-state index in [2.05, 4.69) is 6.58 Å². The van der Waals surface area contributed by atoms with E-state index in [0.29, 0.717) is 0 Å². The lowest BCUT2D eigenvalue weighted by molar-refractivity contribution is -0.127. The van der Waals surface area contributed by atoms with Gasteiger partial charge in [-0.05, 0) is 26.7 Å². The first kappa shape index (κ1) is 17.1. The third kappa shape index (κ3) is 16.3. The van der Waals surface area contributed by atoms with Crippen LogP contribution in [0.4, 0.5) is 0 Å². The van der Waals surface area contributed by atoms with Crippen molar-refractivity contribution in [1.82, 2.24) is 0 Å². The van der Waals surface area contributed by atoms with Crippen molar-refractivity contribution in [2.75, 3.05) is 7.11 Å². The van der Waals surface area contributed by atoms with Crippen molar-refractivity contribution in [3.05, 3.63) is 12.7 Å². The van der Waals surface area contributed by atoms with Gasteiger partial charge in [0.1, 0.15) is 7.85 Å². The zero-order valence-electron chi connectivity index (χ0n) is 9.68. The summed E-state index contributed by atoms with van der Waals surface area (Å²) in [4.78, 5) is 0. The Bertz CT molecular complexity index is 150. The van der Waals surface area contributed by atoms with Gasteiger partial charge in [0.25, 0.3) is 0 Å².